The monoisotopic (exact) mass is 74.0 g/mol. The third-order valence-corrected chi connectivity index (χ3v) is 0. The van der Waals surface area contributed by atoms with Gasteiger partial charge < -0.3 is 5.73 Å². The molecule has 4 heavy (non-hydrogen) atoms. The number of rotatable bonds is 0. The molecule has 23 valence electrons. The Kier molecular flexibility index (Phi) is 0.976. The van der Waals surface area contributed by atoms with Crippen molar-refractivity contribution in [1.82, 2.24) is 0 Å². The minimum absolute atomic E-state index is 0.306. The standard InChI is InChI=1S/CH4NOSi/c2-1(3)4/h4H2,(H2,2,3). The summed E-state index contributed by atoms with van der Waals surface area (Å²) in [6.07, 6.45) is 0. The Labute approximate surface area is 27.4 Å². The first-order valence-electron chi connectivity index (χ1n) is 0.846. The maximum Gasteiger partial charge on any atom is 0.179 e. The molecule has 2 N–H and O–H groups in total. The smallest absolute Gasteiger partial charge is 0.179 e. The molecule has 0 saturated heterocycles. The average molecular weight is 74.1 g/mol. The third kappa shape index (κ3) is 8.12. The summed E-state index contributed by atoms with van der Waals surface area (Å²) in [6.45, 7) is 0. The molecule has 0 aliphatic rings. The van der Waals surface area contributed by atoms with Gasteiger partial charge in [-0.25, -0.2) is 0 Å². The molecular formula is CH4NOSi. The van der Waals surface area contributed by atoms with Crippen LogP contribution in [-0.4, -0.2) is 15.8 Å². The second-order valence-electron chi connectivity index (χ2n) is 0.466. The highest BCUT2D eigenvalue weighted by atomic mass is 28.1. The minimum Gasteiger partial charge on any atom is -0.375 e. The predicted molar refractivity (Wildman–Crippen MR) is 18.1 cm³/mol. The van der Waals surface area contributed by atoms with Crippen molar-refractivity contribution in [2.75, 3.05) is 0 Å². The molecule has 1 amide bonds. The van der Waals surface area contributed by atoms with E-state index in [1.54, 1.807) is 0 Å². The van der Waals surface area contributed by atoms with E-state index in [0.29, 0.717) is 0 Å². The first kappa shape index (κ1) is 3.69. The molecule has 1 radical (unpaired) electrons. The Bertz CT molecular complexity index is 31.0. The van der Waals surface area contributed by atoms with Gasteiger partial charge in [0, 0.05) is 0 Å². The predicted octanol–water partition coefficient (Wildman–Crippen LogP) is -1.30. The highest BCUT2D eigenvalue weighted by Crippen LogP contribution is 1.33. The van der Waals surface area contributed by atoms with E-state index in [1.807, 2.05) is 0 Å². The van der Waals surface area contributed by atoms with Crippen LogP contribution in [0.3, 0.4) is 0 Å². The molecule has 0 aromatic heterocycles. The van der Waals surface area contributed by atoms with Crippen molar-refractivity contribution in [2.24, 2.45) is 5.73 Å². The van der Waals surface area contributed by atoms with E-state index in [2.05, 4.69) is 5.73 Å². The summed E-state index contributed by atoms with van der Waals surface area (Å²) in [4.78, 5) is 9.23. The fraction of sp³-hybridized carbons (Fsp3) is 0. The molecule has 0 saturated carbocycles. The molecule has 0 aliphatic carbocycles. The topological polar surface area (TPSA) is 43.1 Å². The number of nitrogens with two attached hydrogens (primary N) is 1. The van der Waals surface area contributed by atoms with E-state index < -0.39 is 0 Å². The number of amides is 1. The summed E-state index contributed by atoms with van der Waals surface area (Å²) < 4.78 is 0. The molecule has 0 fully saturated rings. The molecule has 0 aliphatic heterocycles. The molecule has 0 aromatic rings. The summed E-state index contributed by atoms with van der Waals surface area (Å²) in [5.41, 5.74) is 4.18. The van der Waals surface area contributed by atoms with Crippen molar-refractivity contribution in [3.8, 4) is 0 Å². The van der Waals surface area contributed by atoms with Crippen LogP contribution >= 0.6 is 0 Å². The van der Waals surface area contributed by atoms with Crippen molar-refractivity contribution in [2.45, 2.75) is 0 Å². The normalized spacial score (nSPS) is 6.25. The Balaban J connectivity index is 2.80. The van der Waals surface area contributed by atoms with Gasteiger partial charge >= 0.3 is 0 Å². The summed E-state index contributed by atoms with van der Waals surface area (Å²) in [7, 11) is 1.14. The SMILES string of the molecule is NC(=O)[SiH2]. The lowest BCUT2D eigenvalue weighted by Crippen LogP contribution is -2.05. The quantitative estimate of drug-likeness (QED) is 0.356. The lowest BCUT2D eigenvalue weighted by molar-refractivity contribution is 0.266. The summed E-state index contributed by atoms with van der Waals surface area (Å²) in [6, 6.07) is 0. The van der Waals surface area contributed by atoms with E-state index in [1.165, 1.54) is 0 Å². The Morgan fingerprint density at radius 1 is 2.00 bits per heavy atom. The molecule has 3 heteroatoms. The molecule has 0 heterocycles. The fourth-order valence-corrected chi connectivity index (χ4v) is 0. The molecule has 0 atom stereocenters. The van der Waals surface area contributed by atoms with Gasteiger partial charge in [-0.15, -0.1) is 0 Å². The van der Waals surface area contributed by atoms with Crippen LogP contribution in [-0.2, 0) is 0 Å². The van der Waals surface area contributed by atoms with Gasteiger partial charge in [-0.1, -0.05) is 0 Å². The lowest BCUT2D eigenvalue weighted by atomic mass is 11.5. The maximum atomic E-state index is 9.23. The zero-order chi connectivity index (χ0) is 3.58. The van der Waals surface area contributed by atoms with Gasteiger partial charge in [0.1, 0.15) is 10.2 Å². The molecule has 0 rings (SSSR count). The van der Waals surface area contributed by atoms with Crippen LogP contribution in [0.1, 0.15) is 0 Å². The largest absolute Gasteiger partial charge is 0.375 e. The lowest BCUT2D eigenvalue weighted by Gasteiger charge is -1.60. The average Bonchev–Trinajstić information content (AvgIpc) is 0.811. The van der Waals surface area contributed by atoms with Crippen molar-refractivity contribution in [3.05, 3.63) is 0 Å². The Hall–Kier alpha value is -0.313. The summed E-state index contributed by atoms with van der Waals surface area (Å²) >= 11 is 0. The summed E-state index contributed by atoms with van der Waals surface area (Å²) in [5.74, 6) is 0. The van der Waals surface area contributed by atoms with Crippen LogP contribution in [0.15, 0.2) is 0 Å². The maximum absolute atomic E-state index is 9.23. The first-order chi connectivity index (χ1) is 1.73. The van der Waals surface area contributed by atoms with Gasteiger partial charge in [-0.2, -0.15) is 0 Å². The van der Waals surface area contributed by atoms with Crippen molar-refractivity contribution in [1.29, 1.82) is 0 Å². The first-order valence-corrected chi connectivity index (χ1v) is 1.55. The number of hydrogen-bond acceptors (Lipinski definition) is 1. The van der Waals surface area contributed by atoms with Gasteiger partial charge in [0.2, 0.25) is 0 Å². The molecule has 0 aromatic carbocycles. The second kappa shape index (κ2) is 1.06. The highest BCUT2D eigenvalue weighted by molar-refractivity contribution is 6.56. The molecule has 2 nitrogen and oxygen atoms in total. The fourth-order valence-electron chi connectivity index (χ4n) is 0. The number of carbonyl (C=O) groups is 1. The van der Waals surface area contributed by atoms with Crippen molar-refractivity contribution < 1.29 is 4.79 Å². The van der Waals surface area contributed by atoms with Gasteiger partial charge in [0.15, 0.2) is 5.53 Å². The zero-order valence-electron chi connectivity index (χ0n) is 2.19. The number of primary amides is 1. The van der Waals surface area contributed by atoms with Crippen molar-refractivity contribution >= 4 is 15.8 Å². The second-order valence-corrected chi connectivity index (χ2v) is 1.16. The van der Waals surface area contributed by atoms with Gasteiger partial charge in [-0.3, -0.25) is 4.79 Å². The van der Waals surface area contributed by atoms with Crippen LogP contribution in [0, 0.1) is 0 Å². The zero-order valence-corrected chi connectivity index (χ0v) is 3.61. The Morgan fingerprint density at radius 3 is 2.00 bits per heavy atom. The van der Waals surface area contributed by atoms with Gasteiger partial charge in [0.25, 0.3) is 0 Å². The third-order valence-electron chi connectivity index (χ3n) is 0. The number of carbonyl (C=O) groups excluding carboxylic acids is 1. The van der Waals surface area contributed by atoms with Crippen LogP contribution in [0.25, 0.3) is 0 Å². The molecule has 0 unspecified atom stereocenters. The van der Waals surface area contributed by atoms with Crippen LogP contribution in [0.5, 0.6) is 0 Å². The van der Waals surface area contributed by atoms with Crippen LogP contribution in [0.4, 0.5) is 4.79 Å². The molecule has 0 spiro atoms. The van der Waals surface area contributed by atoms with E-state index in [4.69, 9.17) is 0 Å². The minimum atomic E-state index is -0.306. The van der Waals surface area contributed by atoms with Gasteiger partial charge in [-0.05, 0) is 0 Å². The van der Waals surface area contributed by atoms with E-state index in [-0.39, 0.29) is 5.53 Å². The Morgan fingerprint density at radius 2 is 2.00 bits per heavy atom. The number of hydrogen-bond donors (Lipinski definition) is 1. The van der Waals surface area contributed by atoms with Crippen LogP contribution in [0.2, 0.25) is 0 Å². The molecule has 0 bridgehead atoms. The van der Waals surface area contributed by atoms with E-state index in [0.717, 1.165) is 10.2 Å². The van der Waals surface area contributed by atoms with E-state index >= 15 is 0 Å². The van der Waals surface area contributed by atoms with Crippen LogP contribution < -0.4 is 5.73 Å². The van der Waals surface area contributed by atoms with Gasteiger partial charge in [0.05, 0.1) is 0 Å². The van der Waals surface area contributed by atoms with Crippen molar-refractivity contribution in [3.63, 3.8) is 0 Å². The summed E-state index contributed by atoms with van der Waals surface area (Å²) in [5, 5.41) is 0. The highest BCUT2D eigenvalue weighted by Gasteiger charge is 1.62. The van der Waals surface area contributed by atoms with E-state index in [9.17, 15) is 4.79 Å². The molecular weight excluding hydrogens is 70.1 g/mol.